The molecule has 63 heavy (non-hydrogen) atoms. The van der Waals surface area contributed by atoms with Crippen molar-refractivity contribution in [3.63, 3.8) is 0 Å². The van der Waals surface area contributed by atoms with Crippen LogP contribution in [0.5, 0.6) is 0 Å². The van der Waals surface area contributed by atoms with Crippen LogP contribution in [0.15, 0.2) is 179 Å². The van der Waals surface area contributed by atoms with Crippen LogP contribution < -0.4 is 5.43 Å². The van der Waals surface area contributed by atoms with Gasteiger partial charge in [0.05, 0.1) is 16.7 Å². The van der Waals surface area contributed by atoms with Crippen LogP contribution in [0, 0.1) is 11.8 Å². The van der Waals surface area contributed by atoms with E-state index in [1.165, 1.54) is 86.0 Å². The fourth-order valence-electron chi connectivity index (χ4n) is 11.5. The van der Waals surface area contributed by atoms with Gasteiger partial charge in [-0.1, -0.05) is 121 Å². The lowest BCUT2D eigenvalue weighted by Crippen LogP contribution is -2.39. The Morgan fingerprint density at radius 1 is 0.619 bits per heavy atom. The molecule has 0 fully saturated rings. The predicted octanol–water partition coefficient (Wildman–Crippen LogP) is 13.6. The second-order valence-corrected chi connectivity index (χ2v) is 18.2. The molecule has 5 aliphatic carbocycles. The number of nitrogens with one attached hydrogen (secondary N) is 1. The van der Waals surface area contributed by atoms with Gasteiger partial charge in [0.2, 0.25) is 0 Å². The summed E-state index contributed by atoms with van der Waals surface area (Å²) in [4.78, 5) is 16.0. The zero-order valence-electron chi connectivity index (χ0n) is 36.1. The summed E-state index contributed by atoms with van der Waals surface area (Å²) in [5.41, 5.74) is 21.5. The molecule has 3 aromatic carbocycles. The van der Waals surface area contributed by atoms with Gasteiger partial charge in [-0.2, -0.15) is 0 Å². The summed E-state index contributed by atoms with van der Waals surface area (Å²) in [7, 11) is 0. The van der Waals surface area contributed by atoms with Gasteiger partial charge in [0, 0.05) is 45.8 Å². The number of benzene rings is 3. The van der Waals surface area contributed by atoms with Crippen LogP contribution in [0.3, 0.4) is 0 Å². The van der Waals surface area contributed by atoms with Gasteiger partial charge in [-0.25, -0.2) is 20.4 Å². The van der Waals surface area contributed by atoms with Crippen molar-refractivity contribution in [3.05, 3.63) is 191 Å². The first-order chi connectivity index (χ1) is 31.3. The van der Waals surface area contributed by atoms with Crippen molar-refractivity contribution in [2.24, 2.45) is 11.8 Å². The SMILES string of the molecule is C1=CCC(C2=C3C4=C(C=CCC4)C(C4CCC=C(c5nc(C6=CCCC(n7c8ccccc8c8ccccc87)=C6)nc(-c6ccccc6)n5)C4)=C(C4C=CCCC4)N3NC2)=CCC1. The quantitative estimate of drug-likeness (QED) is 0.166. The Bertz CT molecular complexity index is 2940. The zero-order chi connectivity index (χ0) is 41.7. The third-order valence-corrected chi connectivity index (χ3v) is 14.4. The minimum Gasteiger partial charge on any atom is -0.313 e. The number of hydrazine groups is 1. The third kappa shape index (κ3) is 6.87. The van der Waals surface area contributed by atoms with Crippen LogP contribution in [0.1, 0.15) is 95.1 Å². The van der Waals surface area contributed by atoms with Crippen molar-refractivity contribution in [3.8, 4) is 11.4 Å². The van der Waals surface area contributed by atoms with Gasteiger partial charge in [-0.3, -0.25) is 5.01 Å². The highest BCUT2D eigenvalue weighted by Crippen LogP contribution is 2.51. The normalized spacial score (nSPS) is 22.6. The smallest absolute Gasteiger partial charge is 0.164 e. The van der Waals surface area contributed by atoms with E-state index < -0.39 is 0 Å². The highest BCUT2D eigenvalue weighted by Gasteiger charge is 2.42. The second-order valence-electron chi connectivity index (χ2n) is 18.2. The van der Waals surface area contributed by atoms with Crippen molar-refractivity contribution >= 4 is 38.6 Å². The summed E-state index contributed by atoms with van der Waals surface area (Å²) < 4.78 is 2.45. The van der Waals surface area contributed by atoms with E-state index in [-0.39, 0.29) is 0 Å². The second kappa shape index (κ2) is 16.4. The maximum atomic E-state index is 5.43. The van der Waals surface area contributed by atoms with Crippen molar-refractivity contribution < 1.29 is 0 Å². The number of fused-ring (bicyclic) bond motifs is 5. The van der Waals surface area contributed by atoms with E-state index >= 15 is 0 Å². The largest absolute Gasteiger partial charge is 0.313 e. The van der Waals surface area contributed by atoms with Gasteiger partial charge in [-0.05, 0) is 141 Å². The maximum absolute atomic E-state index is 5.43. The molecule has 0 bridgehead atoms. The zero-order valence-corrected chi connectivity index (χ0v) is 36.1. The topological polar surface area (TPSA) is 58.9 Å². The van der Waals surface area contributed by atoms with Gasteiger partial charge in [0.25, 0.3) is 0 Å². The van der Waals surface area contributed by atoms with Gasteiger partial charge in [0.15, 0.2) is 17.5 Å². The van der Waals surface area contributed by atoms with E-state index in [9.17, 15) is 0 Å². The average Bonchev–Trinajstić information content (AvgIpc) is 3.83. The predicted molar refractivity (Wildman–Crippen MR) is 258 cm³/mol. The van der Waals surface area contributed by atoms with E-state index in [2.05, 4.69) is 155 Å². The highest BCUT2D eigenvalue weighted by molar-refractivity contribution is 6.10. The molecule has 7 aliphatic rings. The molecule has 6 heteroatoms. The monoisotopic (exact) mass is 822 g/mol. The summed E-state index contributed by atoms with van der Waals surface area (Å²) in [6.45, 7) is 0.886. The number of hydrogen-bond acceptors (Lipinski definition) is 5. The Hall–Kier alpha value is -6.37. The minimum absolute atomic E-state index is 0.339. The number of allylic oxidation sites excluding steroid dienone is 16. The molecule has 0 amide bonds. The Balaban J connectivity index is 0.957. The first-order valence-electron chi connectivity index (χ1n) is 23.6. The summed E-state index contributed by atoms with van der Waals surface area (Å²) in [6.07, 6.45) is 38.1. The van der Waals surface area contributed by atoms with Crippen molar-refractivity contribution in [1.82, 2.24) is 30.0 Å². The van der Waals surface area contributed by atoms with Crippen LogP contribution in [0.4, 0.5) is 0 Å². The molecule has 312 valence electrons. The molecule has 4 heterocycles. The van der Waals surface area contributed by atoms with Crippen molar-refractivity contribution in [2.75, 3.05) is 6.54 Å². The Labute approximate surface area is 370 Å². The number of para-hydroxylation sites is 2. The Morgan fingerprint density at radius 3 is 2.25 bits per heavy atom. The lowest BCUT2D eigenvalue weighted by Gasteiger charge is -2.42. The van der Waals surface area contributed by atoms with E-state index in [0.717, 1.165) is 99.4 Å². The molecule has 6 nitrogen and oxygen atoms in total. The average molecular weight is 823 g/mol. The lowest BCUT2D eigenvalue weighted by atomic mass is 9.72. The van der Waals surface area contributed by atoms with Crippen LogP contribution in [-0.4, -0.2) is 31.1 Å². The van der Waals surface area contributed by atoms with Crippen LogP contribution in [0.25, 0.3) is 50.0 Å². The molecule has 0 saturated carbocycles. The molecule has 0 saturated heterocycles. The molecule has 2 aliphatic heterocycles. The van der Waals surface area contributed by atoms with Gasteiger partial charge < -0.3 is 4.57 Å². The fraction of sp³-hybridized carbons (Fsp3) is 0.281. The Kier molecular flexibility index (Phi) is 9.97. The molecule has 1 N–H and O–H groups in total. The van der Waals surface area contributed by atoms with Gasteiger partial charge in [-0.15, -0.1) is 0 Å². The molecule has 0 radical (unpaired) electrons. The number of rotatable bonds is 7. The number of hydrogen-bond donors (Lipinski definition) is 1. The lowest BCUT2D eigenvalue weighted by molar-refractivity contribution is 0.302. The highest BCUT2D eigenvalue weighted by atomic mass is 15.5. The summed E-state index contributed by atoms with van der Waals surface area (Å²) >= 11 is 0. The van der Waals surface area contributed by atoms with Crippen LogP contribution in [0.2, 0.25) is 0 Å². The molecule has 2 atom stereocenters. The molecule has 2 aromatic heterocycles. The van der Waals surface area contributed by atoms with E-state index in [4.69, 9.17) is 15.0 Å². The van der Waals surface area contributed by atoms with Crippen LogP contribution in [-0.2, 0) is 0 Å². The maximum Gasteiger partial charge on any atom is 0.164 e. The molecule has 5 aromatic rings. The summed E-state index contributed by atoms with van der Waals surface area (Å²) in [5, 5.41) is 5.15. The Morgan fingerprint density at radius 2 is 1.41 bits per heavy atom. The van der Waals surface area contributed by atoms with Gasteiger partial charge >= 0.3 is 0 Å². The van der Waals surface area contributed by atoms with E-state index in [0.29, 0.717) is 11.8 Å². The summed E-state index contributed by atoms with van der Waals surface area (Å²) in [5.74, 6) is 3.00. The van der Waals surface area contributed by atoms with E-state index in [1.54, 1.807) is 5.57 Å². The molecule has 12 rings (SSSR count). The molecule has 0 spiro atoms. The fourth-order valence-corrected chi connectivity index (χ4v) is 11.5. The van der Waals surface area contributed by atoms with Crippen molar-refractivity contribution in [2.45, 2.75) is 83.5 Å². The number of aromatic nitrogens is 4. The summed E-state index contributed by atoms with van der Waals surface area (Å²) in [6, 6.07) is 28.0. The van der Waals surface area contributed by atoms with Gasteiger partial charge in [0.1, 0.15) is 0 Å². The van der Waals surface area contributed by atoms with Crippen molar-refractivity contribution in [1.29, 1.82) is 0 Å². The minimum atomic E-state index is 0.339. The standard InChI is InChI=1S/C57H54N6/c1-2-6-20-38(19-5-1)49-37-58-63-53(39-21-7-3-8-22-39)52(47-31-11-12-32-48(47)54(49)63)41-25-17-26-42(35-41)56-59-55(40-23-9-4-10-24-40)60-57(61-56)43-27-18-28-44(36-43)62-50-33-15-13-29-45(50)46-30-14-16-34-51(46)62/h1,4-5,7,9-11,13-16,20-21,23-24,26-27,29-31,33-34,36,39,41,58H,2-3,6,8,12,17-19,22,25,28,32,35,37H2. The van der Waals surface area contributed by atoms with Crippen LogP contribution >= 0.6 is 0 Å². The number of nitrogens with zero attached hydrogens (tertiary/aromatic N) is 5. The van der Waals surface area contributed by atoms with E-state index in [1.807, 2.05) is 0 Å². The molecule has 2 unspecified atom stereocenters. The first kappa shape index (κ1) is 38.3. The molecular weight excluding hydrogens is 769 g/mol. The third-order valence-electron chi connectivity index (χ3n) is 14.4. The molecular formula is C57H54N6. The first-order valence-corrected chi connectivity index (χ1v) is 23.6.